The van der Waals surface area contributed by atoms with Gasteiger partial charge in [-0.05, 0) is 59.9 Å². The second-order valence-corrected chi connectivity index (χ2v) is 9.29. The lowest BCUT2D eigenvalue weighted by molar-refractivity contribution is 0.0585. The minimum absolute atomic E-state index is 0.337. The molecule has 0 aromatic rings. The Morgan fingerprint density at radius 2 is 1.50 bits per heavy atom. The molecule has 1 aliphatic carbocycles. The van der Waals surface area contributed by atoms with Crippen LogP contribution in [0.1, 0.15) is 53.4 Å². The Labute approximate surface area is 150 Å². The number of rotatable bonds is 6. The number of piperazine rings is 2. The summed E-state index contributed by atoms with van der Waals surface area (Å²) >= 11 is 0. The fraction of sp³-hybridized carbons (Fsp3) is 1.00. The van der Waals surface area contributed by atoms with Crippen LogP contribution in [0.2, 0.25) is 0 Å². The van der Waals surface area contributed by atoms with E-state index >= 15 is 0 Å². The SMILES string of the molecule is CC(CCCN1CCN(C(C)(C)C)CC1)N1CCN(C2CC2)CC1. The summed E-state index contributed by atoms with van der Waals surface area (Å²) in [4.78, 5) is 10.8. The molecule has 0 bridgehead atoms. The van der Waals surface area contributed by atoms with Gasteiger partial charge in [0.25, 0.3) is 0 Å². The molecule has 4 heteroatoms. The van der Waals surface area contributed by atoms with Crippen LogP contribution in [0.4, 0.5) is 0 Å². The van der Waals surface area contributed by atoms with E-state index in [9.17, 15) is 0 Å². The number of hydrogen-bond donors (Lipinski definition) is 0. The molecular weight excluding hydrogens is 296 g/mol. The highest BCUT2D eigenvalue weighted by molar-refractivity contribution is 4.88. The molecule has 0 amide bonds. The summed E-state index contributed by atoms with van der Waals surface area (Å²) in [5, 5.41) is 0. The molecule has 0 radical (unpaired) electrons. The first-order chi connectivity index (χ1) is 11.4. The molecule has 1 saturated carbocycles. The Bertz CT molecular complexity index is 372. The lowest BCUT2D eigenvalue weighted by Crippen LogP contribution is -2.53. The van der Waals surface area contributed by atoms with Gasteiger partial charge < -0.3 is 4.90 Å². The molecule has 24 heavy (non-hydrogen) atoms. The minimum Gasteiger partial charge on any atom is -0.301 e. The Morgan fingerprint density at radius 1 is 0.875 bits per heavy atom. The zero-order valence-corrected chi connectivity index (χ0v) is 16.6. The molecule has 0 aromatic heterocycles. The molecule has 2 heterocycles. The second kappa shape index (κ2) is 8.03. The Hall–Kier alpha value is -0.160. The summed E-state index contributed by atoms with van der Waals surface area (Å²) in [5.41, 5.74) is 0.337. The molecule has 0 spiro atoms. The number of nitrogens with zero attached hydrogens (tertiary/aromatic N) is 4. The molecule has 2 aliphatic heterocycles. The summed E-state index contributed by atoms with van der Waals surface area (Å²) < 4.78 is 0. The van der Waals surface area contributed by atoms with Gasteiger partial charge in [-0.3, -0.25) is 14.7 Å². The molecule has 0 N–H and O–H groups in total. The van der Waals surface area contributed by atoms with Crippen molar-refractivity contribution in [2.75, 3.05) is 58.9 Å². The molecule has 4 nitrogen and oxygen atoms in total. The third-order valence-electron chi connectivity index (χ3n) is 6.45. The van der Waals surface area contributed by atoms with Crippen LogP contribution in [0.3, 0.4) is 0 Å². The van der Waals surface area contributed by atoms with E-state index in [1.54, 1.807) is 0 Å². The van der Waals surface area contributed by atoms with Gasteiger partial charge >= 0.3 is 0 Å². The molecular formula is C20H40N4. The van der Waals surface area contributed by atoms with Gasteiger partial charge in [-0.25, -0.2) is 0 Å². The average molecular weight is 337 g/mol. The van der Waals surface area contributed by atoms with Crippen LogP contribution in [-0.4, -0.2) is 96.1 Å². The van der Waals surface area contributed by atoms with E-state index in [2.05, 4.69) is 47.3 Å². The van der Waals surface area contributed by atoms with Gasteiger partial charge in [-0.15, -0.1) is 0 Å². The molecule has 140 valence electrons. The normalized spacial score (nSPS) is 27.5. The van der Waals surface area contributed by atoms with Crippen molar-refractivity contribution in [1.29, 1.82) is 0 Å². The van der Waals surface area contributed by atoms with E-state index in [1.165, 1.54) is 84.6 Å². The van der Waals surface area contributed by atoms with Gasteiger partial charge in [-0.2, -0.15) is 0 Å². The van der Waals surface area contributed by atoms with Crippen molar-refractivity contribution in [3.63, 3.8) is 0 Å². The standard InChI is InChI=1S/C20H40N4/c1-18(22-12-14-23(15-13-22)19-7-8-19)6-5-9-21-10-16-24(17-11-21)20(2,3)4/h18-19H,5-17H2,1-4H3. The average Bonchev–Trinajstić information content (AvgIpc) is 3.39. The Kier molecular flexibility index (Phi) is 6.23. The van der Waals surface area contributed by atoms with E-state index in [0.29, 0.717) is 5.54 Å². The fourth-order valence-electron chi connectivity index (χ4n) is 4.42. The molecule has 3 fully saturated rings. The highest BCUT2D eigenvalue weighted by Crippen LogP contribution is 2.28. The Balaban J connectivity index is 1.28. The zero-order chi connectivity index (χ0) is 17.2. The van der Waals surface area contributed by atoms with Crippen molar-refractivity contribution in [3.8, 4) is 0 Å². The van der Waals surface area contributed by atoms with Crippen LogP contribution in [0.25, 0.3) is 0 Å². The van der Waals surface area contributed by atoms with Gasteiger partial charge in [0.05, 0.1) is 0 Å². The van der Waals surface area contributed by atoms with Gasteiger partial charge in [0.2, 0.25) is 0 Å². The van der Waals surface area contributed by atoms with Crippen molar-refractivity contribution in [1.82, 2.24) is 19.6 Å². The largest absolute Gasteiger partial charge is 0.301 e. The van der Waals surface area contributed by atoms with Crippen LogP contribution in [0, 0.1) is 0 Å². The summed E-state index contributed by atoms with van der Waals surface area (Å²) in [6.07, 6.45) is 5.64. The smallest absolute Gasteiger partial charge is 0.0126 e. The summed E-state index contributed by atoms with van der Waals surface area (Å²) in [7, 11) is 0. The van der Waals surface area contributed by atoms with Crippen LogP contribution < -0.4 is 0 Å². The van der Waals surface area contributed by atoms with Crippen molar-refractivity contribution in [2.24, 2.45) is 0 Å². The van der Waals surface area contributed by atoms with Crippen LogP contribution in [0.5, 0.6) is 0 Å². The topological polar surface area (TPSA) is 13.0 Å². The third kappa shape index (κ3) is 5.17. The molecule has 1 unspecified atom stereocenters. The summed E-state index contributed by atoms with van der Waals surface area (Å²) in [5.74, 6) is 0. The molecule has 3 aliphatic rings. The van der Waals surface area contributed by atoms with Crippen molar-refractivity contribution in [2.45, 2.75) is 71.0 Å². The third-order valence-corrected chi connectivity index (χ3v) is 6.45. The summed E-state index contributed by atoms with van der Waals surface area (Å²) in [6, 6.07) is 1.72. The van der Waals surface area contributed by atoms with E-state index in [-0.39, 0.29) is 0 Å². The molecule has 2 saturated heterocycles. The second-order valence-electron chi connectivity index (χ2n) is 9.29. The maximum atomic E-state index is 2.73. The lowest BCUT2D eigenvalue weighted by atomic mass is 10.0. The van der Waals surface area contributed by atoms with Crippen LogP contribution >= 0.6 is 0 Å². The summed E-state index contributed by atoms with van der Waals surface area (Å²) in [6.45, 7) is 21.0. The fourth-order valence-corrected chi connectivity index (χ4v) is 4.42. The highest BCUT2D eigenvalue weighted by atomic mass is 15.3. The predicted octanol–water partition coefficient (Wildman–Crippen LogP) is 2.35. The van der Waals surface area contributed by atoms with Crippen LogP contribution in [-0.2, 0) is 0 Å². The highest BCUT2D eigenvalue weighted by Gasteiger charge is 2.32. The molecule has 0 aromatic carbocycles. The van der Waals surface area contributed by atoms with E-state index in [4.69, 9.17) is 0 Å². The van der Waals surface area contributed by atoms with Crippen molar-refractivity contribution < 1.29 is 0 Å². The number of hydrogen-bond acceptors (Lipinski definition) is 4. The van der Waals surface area contributed by atoms with Gasteiger partial charge in [0.15, 0.2) is 0 Å². The first-order valence-electron chi connectivity index (χ1n) is 10.4. The van der Waals surface area contributed by atoms with Crippen LogP contribution in [0.15, 0.2) is 0 Å². The monoisotopic (exact) mass is 336 g/mol. The van der Waals surface area contributed by atoms with Gasteiger partial charge in [0.1, 0.15) is 0 Å². The maximum Gasteiger partial charge on any atom is 0.0126 e. The van der Waals surface area contributed by atoms with E-state index < -0.39 is 0 Å². The maximum absolute atomic E-state index is 2.73. The quantitative estimate of drug-likeness (QED) is 0.738. The zero-order valence-electron chi connectivity index (χ0n) is 16.6. The molecule has 1 atom stereocenters. The van der Waals surface area contributed by atoms with Gasteiger partial charge in [0, 0.05) is 70.0 Å². The van der Waals surface area contributed by atoms with Crippen molar-refractivity contribution >= 4 is 0 Å². The van der Waals surface area contributed by atoms with Crippen molar-refractivity contribution in [3.05, 3.63) is 0 Å². The Morgan fingerprint density at radius 3 is 2.04 bits per heavy atom. The first-order valence-corrected chi connectivity index (χ1v) is 10.4. The predicted molar refractivity (Wildman–Crippen MR) is 103 cm³/mol. The van der Waals surface area contributed by atoms with E-state index in [0.717, 1.165) is 12.1 Å². The lowest BCUT2D eigenvalue weighted by Gasteiger charge is -2.42. The van der Waals surface area contributed by atoms with E-state index in [1.807, 2.05) is 0 Å². The van der Waals surface area contributed by atoms with Gasteiger partial charge in [-0.1, -0.05) is 0 Å². The minimum atomic E-state index is 0.337. The first kappa shape index (κ1) is 18.6. The molecule has 3 rings (SSSR count).